The molecule has 32 heavy (non-hydrogen) atoms. The van der Waals surface area contributed by atoms with Crippen molar-refractivity contribution in [1.82, 2.24) is 9.73 Å². The van der Waals surface area contributed by atoms with Gasteiger partial charge in [-0.2, -0.15) is 9.41 Å². The zero-order valence-corrected chi connectivity index (χ0v) is 19.8. The molecular formula is C20H24ClN3O7S. The Morgan fingerprint density at radius 3 is 2.12 bits per heavy atom. The topological polar surface area (TPSA) is 116 Å². The van der Waals surface area contributed by atoms with Crippen molar-refractivity contribution in [3.05, 3.63) is 40.9 Å². The summed E-state index contributed by atoms with van der Waals surface area (Å²) in [6.07, 6.45) is 1.36. The first-order chi connectivity index (χ1) is 15.2. The van der Waals surface area contributed by atoms with E-state index in [1.807, 2.05) is 0 Å². The van der Waals surface area contributed by atoms with Crippen LogP contribution in [0.3, 0.4) is 0 Å². The number of sulfonamides is 1. The standard InChI is InChI=1S/C20H24ClN3O7S/c1-24(32(26,27)14-6-7-16(28-2)15(21)10-14)12-19(25)23-22-11-13-8-17(29-3)20(31-5)18(9-13)30-4/h6-11H,12H2,1-5H3,(H,23,25)/b22-11-. The number of hydrogen-bond acceptors (Lipinski definition) is 8. The highest BCUT2D eigenvalue weighted by molar-refractivity contribution is 7.89. The number of ether oxygens (including phenoxy) is 4. The van der Waals surface area contributed by atoms with Gasteiger partial charge in [0.25, 0.3) is 5.91 Å². The molecule has 0 aliphatic carbocycles. The molecule has 0 fully saturated rings. The largest absolute Gasteiger partial charge is 0.495 e. The maximum absolute atomic E-state index is 12.7. The van der Waals surface area contributed by atoms with Gasteiger partial charge in [-0.05, 0) is 30.3 Å². The van der Waals surface area contributed by atoms with Crippen molar-refractivity contribution in [2.24, 2.45) is 5.10 Å². The van der Waals surface area contributed by atoms with E-state index in [2.05, 4.69) is 10.5 Å². The van der Waals surface area contributed by atoms with Gasteiger partial charge in [0.05, 0.1) is 51.1 Å². The normalized spacial score (nSPS) is 11.5. The number of hydrogen-bond donors (Lipinski definition) is 1. The molecule has 12 heteroatoms. The van der Waals surface area contributed by atoms with E-state index < -0.39 is 22.5 Å². The van der Waals surface area contributed by atoms with Crippen LogP contribution in [0.25, 0.3) is 0 Å². The van der Waals surface area contributed by atoms with E-state index in [0.29, 0.717) is 28.6 Å². The van der Waals surface area contributed by atoms with Gasteiger partial charge in [-0.3, -0.25) is 4.79 Å². The van der Waals surface area contributed by atoms with E-state index in [9.17, 15) is 13.2 Å². The van der Waals surface area contributed by atoms with E-state index in [0.717, 1.165) is 4.31 Å². The molecule has 0 aliphatic rings. The fraction of sp³-hybridized carbons (Fsp3) is 0.300. The number of amides is 1. The highest BCUT2D eigenvalue weighted by Crippen LogP contribution is 2.37. The fourth-order valence-corrected chi connectivity index (χ4v) is 4.14. The van der Waals surface area contributed by atoms with E-state index >= 15 is 0 Å². The van der Waals surface area contributed by atoms with Crippen LogP contribution in [0.1, 0.15) is 5.56 Å². The molecule has 1 amide bonds. The van der Waals surface area contributed by atoms with Gasteiger partial charge in [-0.15, -0.1) is 0 Å². The number of nitrogens with one attached hydrogen (secondary N) is 1. The Labute approximate surface area is 191 Å². The quantitative estimate of drug-likeness (QED) is 0.405. The summed E-state index contributed by atoms with van der Waals surface area (Å²) in [7, 11) is 3.19. The van der Waals surface area contributed by atoms with Gasteiger partial charge in [0.2, 0.25) is 15.8 Å². The molecule has 0 unspecified atom stereocenters. The zero-order valence-electron chi connectivity index (χ0n) is 18.2. The third-order valence-corrected chi connectivity index (χ3v) is 6.38. The average Bonchev–Trinajstić information content (AvgIpc) is 2.77. The highest BCUT2D eigenvalue weighted by Gasteiger charge is 2.24. The molecule has 0 aromatic heterocycles. The summed E-state index contributed by atoms with van der Waals surface area (Å²) in [5.41, 5.74) is 2.85. The van der Waals surface area contributed by atoms with Crippen LogP contribution in [0, 0.1) is 0 Å². The molecule has 0 radical (unpaired) electrons. The molecule has 0 spiro atoms. The summed E-state index contributed by atoms with van der Waals surface area (Å²) in [4.78, 5) is 12.1. The smallest absolute Gasteiger partial charge is 0.255 e. The molecule has 0 heterocycles. The van der Waals surface area contributed by atoms with Gasteiger partial charge < -0.3 is 18.9 Å². The maximum atomic E-state index is 12.7. The second-order valence-electron chi connectivity index (χ2n) is 6.31. The zero-order chi connectivity index (χ0) is 23.9. The van der Waals surface area contributed by atoms with Crippen LogP contribution >= 0.6 is 11.6 Å². The van der Waals surface area contributed by atoms with Crippen LogP contribution in [-0.2, 0) is 14.8 Å². The number of rotatable bonds is 10. The lowest BCUT2D eigenvalue weighted by Crippen LogP contribution is -2.36. The van der Waals surface area contributed by atoms with Crippen molar-refractivity contribution in [2.45, 2.75) is 4.90 Å². The number of carbonyl (C=O) groups is 1. The predicted molar refractivity (Wildman–Crippen MR) is 120 cm³/mol. The molecule has 2 rings (SSSR count). The first-order valence-corrected chi connectivity index (χ1v) is 10.9. The summed E-state index contributed by atoms with van der Waals surface area (Å²) in [5, 5.41) is 4.00. The number of likely N-dealkylation sites (N-methyl/N-ethyl adjacent to an activating group) is 1. The number of halogens is 1. The van der Waals surface area contributed by atoms with E-state index in [1.165, 1.54) is 59.9 Å². The maximum Gasteiger partial charge on any atom is 0.255 e. The number of hydrazone groups is 1. The van der Waals surface area contributed by atoms with Crippen molar-refractivity contribution < 1.29 is 32.2 Å². The number of carbonyl (C=O) groups excluding carboxylic acids is 1. The Morgan fingerprint density at radius 1 is 1.03 bits per heavy atom. The van der Waals surface area contributed by atoms with E-state index in [1.54, 1.807) is 12.1 Å². The molecular weight excluding hydrogens is 462 g/mol. The first kappa shape index (κ1) is 25.2. The minimum Gasteiger partial charge on any atom is -0.495 e. The van der Waals surface area contributed by atoms with Crippen LogP contribution in [0.15, 0.2) is 40.3 Å². The van der Waals surface area contributed by atoms with E-state index in [4.69, 9.17) is 30.5 Å². The van der Waals surface area contributed by atoms with Crippen molar-refractivity contribution in [3.8, 4) is 23.0 Å². The Balaban J connectivity index is 2.07. The SMILES string of the molecule is COc1ccc(S(=O)(=O)N(C)CC(=O)N/N=C\c2cc(OC)c(OC)c(OC)c2)cc1Cl. The fourth-order valence-electron chi connectivity index (χ4n) is 2.66. The summed E-state index contributed by atoms with van der Waals surface area (Å²) in [6.45, 7) is -0.460. The van der Waals surface area contributed by atoms with Gasteiger partial charge in [0.1, 0.15) is 5.75 Å². The summed E-state index contributed by atoms with van der Waals surface area (Å²) >= 11 is 6.00. The monoisotopic (exact) mass is 485 g/mol. The highest BCUT2D eigenvalue weighted by atomic mass is 35.5. The van der Waals surface area contributed by atoms with Crippen LogP contribution in [0.2, 0.25) is 5.02 Å². The Morgan fingerprint density at radius 2 is 1.62 bits per heavy atom. The summed E-state index contributed by atoms with van der Waals surface area (Å²) in [5.74, 6) is 0.959. The number of nitrogens with zero attached hydrogens (tertiary/aromatic N) is 2. The van der Waals surface area contributed by atoms with Crippen molar-refractivity contribution in [1.29, 1.82) is 0 Å². The Hall–Kier alpha value is -3.02. The lowest BCUT2D eigenvalue weighted by Gasteiger charge is -2.16. The lowest BCUT2D eigenvalue weighted by atomic mass is 10.2. The van der Waals surface area contributed by atoms with Gasteiger partial charge in [-0.1, -0.05) is 11.6 Å². The Bertz CT molecular complexity index is 1080. The molecule has 2 aromatic carbocycles. The molecule has 2 aromatic rings. The lowest BCUT2D eigenvalue weighted by molar-refractivity contribution is -0.121. The predicted octanol–water partition coefficient (Wildman–Crippen LogP) is 2.15. The van der Waals surface area contributed by atoms with Crippen LogP contribution in [-0.4, -0.2) is 66.9 Å². The molecule has 174 valence electrons. The van der Waals surface area contributed by atoms with Crippen molar-refractivity contribution in [2.75, 3.05) is 42.0 Å². The molecule has 0 saturated carbocycles. The molecule has 0 aliphatic heterocycles. The number of benzene rings is 2. The second kappa shape index (κ2) is 11.0. The molecule has 10 nitrogen and oxygen atoms in total. The first-order valence-electron chi connectivity index (χ1n) is 9.09. The minimum absolute atomic E-state index is 0.0699. The van der Waals surface area contributed by atoms with Crippen LogP contribution in [0.5, 0.6) is 23.0 Å². The molecule has 0 saturated heterocycles. The second-order valence-corrected chi connectivity index (χ2v) is 8.76. The minimum atomic E-state index is -3.95. The van der Waals surface area contributed by atoms with Crippen molar-refractivity contribution in [3.63, 3.8) is 0 Å². The van der Waals surface area contributed by atoms with Crippen LogP contribution in [0.4, 0.5) is 0 Å². The average molecular weight is 486 g/mol. The number of methoxy groups -OCH3 is 4. The van der Waals surface area contributed by atoms with Gasteiger partial charge in [-0.25, -0.2) is 13.8 Å². The van der Waals surface area contributed by atoms with Crippen LogP contribution < -0.4 is 24.4 Å². The Kier molecular flexibility index (Phi) is 8.70. The van der Waals surface area contributed by atoms with E-state index in [-0.39, 0.29) is 9.92 Å². The molecule has 0 atom stereocenters. The molecule has 1 N–H and O–H groups in total. The van der Waals surface area contributed by atoms with Gasteiger partial charge >= 0.3 is 0 Å². The van der Waals surface area contributed by atoms with Gasteiger partial charge in [0.15, 0.2) is 11.5 Å². The third-order valence-electron chi connectivity index (χ3n) is 4.29. The van der Waals surface area contributed by atoms with Crippen molar-refractivity contribution >= 4 is 33.7 Å². The van der Waals surface area contributed by atoms with Gasteiger partial charge in [0, 0.05) is 12.6 Å². The molecule has 0 bridgehead atoms. The third kappa shape index (κ3) is 5.81. The summed E-state index contributed by atoms with van der Waals surface area (Å²) < 4.78 is 47.0. The summed E-state index contributed by atoms with van der Waals surface area (Å²) in [6, 6.07) is 7.32.